The number of para-hydroxylation sites is 1. The minimum absolute atomic E-state index is 0.134. The summed E-state index contributed by atoms with van der Waals surface area (Å²) >= 11 is 5.31. The van der Waals surface area contributed by atoms with E-state index in [0.717, 1.165) is 16.8 Å². The predicted molar refractivity (Wildman–Crippen MR) is 112 cm³/mol. The fourth-order valence-corrected chi connectivity index (χ4v) is 3.40. The van der Waals surface area contributed by atoms with Crippen molar-refractivity contribution in [3.63, 3.8) is 0 Å². The van der Waals surface area contributed by atoms with Gasteiger partial charge in [-0.05, 0) is 37.7 Å². The summed E-state index contributed by atoms with van der Waals surface area (Å²) in [6.45, 7) is 4.61. The maximum absolute atomic E-state index is 12.7. The van der Waals surface area contributed by atoms with Crippen molar-refractivity contribution in [3.8, 4) is 17.0 Å². The van der Waals surface area contributed by atoms with E-state index in [9.17, 15) is 9.90 Å². The van der Waals surface area contributed by atoms with Crippen LogP contribution in [0.25, 0.3) is 11.1 Å². The Balaban J connectivity index is 2.14. The SMILES string of the molecule is CCn1c(O)c(C=Nc2ccccc2-c2ccccc2)c(=O)n(CC)c1=S. The van der Waals surface area contributed by atoms with Gasteiger partial charge in [-0.3, -0.25) is 18.9 Å². The van der Waals surface area contributed by atoms with E-state index in [4.69, 9.17) is 12.2 Å². The zero-order valence-electron chi connectivity index (χ0n) is 15.3. The lowest BCUT2D eigenvalue weighted by Crippen LogP contribution is -2.27. The molecule has 0 saturated carbocycles. The number of aliphatic imine (C=N–C) groups is 1. The van der Waals surface area contributed by atoms with Gasteiger partial charge in [-0.2, -0.15) is 0 Å². The molecule has 2 aromatic carbocycles. The number of nitrogens with zero attached hydrogens (tertiary/aromatic N) is 3. The van der Waals surface area contributed by atoms with Gasteiger partial charge in [-0.1, -0.05) is 48.5 Å². The Morgan fingerprint density at radius 3 is 2.30 bits per heavy atom. The molecule has 0 aliphatic heterocycles. The summed E-state index contributed by atoms with van der Waals surface area (Å²) in [4.78, 5) is 17.2. The summed E-state index contributed by atoms with van der Waals surface area (Å²) in [6.07, 6.45) is 1.42. The molecule has 138 valence electrons. The lowest BCUT2D eigenvalue weighted by atomic mass is 10.0. The van der Waals surface area contributed by atoms with Crippen LogP contribution >= 0.6 is 12.2 Å². The minimum atomic E-state index is -0.342. The fraction of sp³-hybridized carbons (Fsp3) is 0.190. The number of hydrogen-bond acceptors (Lipinski definition) is 4. The van der Waals surface area contributed by atoms with Gasteiger partial charge in [0.05, 0.1) is 5.69 Å². The standard InChI is InChI=1S/C21H21N3O2S/c1-3-23-19(25)17(20(26)24(4-2)21(23)27)14-22-18-13-9-8-12-16(18)15-10-6-5-7-11-15/h5-14,25H,3-4H2,1-2H3. The summed E-state index contributed by atoms with van der Waals surface area (Å²) < 4.78 is 3.30. The van der Waals surface area contributed by atoms with Crippen molar-refractivity contribution in [2.75, 3.05) is 0 Å². The van der Waals surface area contributed by atoms with Crippen LogP contribution in [0.2, 0.25) is 0 Å². The van der Waals surface area contributed by atoms with Crippen LogP contribution in [0.1, 0.15) is 19.4 Å². The number of aromatic hydroxyl groups is 1. The Bertz CT molecular complexity index is 1100. The first kappa shape index (κ1) is 18.8. The van der Waals surface area contributed by atoms with Gasteiger partial charge in [-0.25, -0.2) is 0 Å². The van der Waals surface area contributed by atoms with E-state index in [1.165, 1.54) is 15.3 Å². The van der Waals surface area contributed by atoms with E-state index in [2.05, 4.69) is 4.99 Å². The van der Waals surface area contributed by atoms with Crippen LogP contribution in [0.3, 0.4) is 0 Å². The Kier molecular flexibility index (Phi) is 5.66. The topological polar surface area (TPSA) is 59.5 Å². The first-order chi connectivity index (χ1) is 13.1. The maximum Gasteiger partial charge on any atom is 0.267 e. The molecule has 0 unspecified atom stereocenters. The average Bonchev–Trinajstić information content (AvgIpc) is 2.69. The zero-order chi connectivity index (χ0) is 19.4. The lowest BCUT2D eigenvalue weighted by Gasteiger charge is -2.13. The van der Waals surface area contributed by atoms with Gasteiger partial charge in [0.1, 0.15) is 5.56 Å². The Labute approximate surface area is 162 Å². The average molecular weight is 379 g/mol. The van der Waals surface area contributed by atoms with Gasteiger partial charge < -0.3 is 5.11 Å². The van der Waals surface area contributed by atoms with Gasteiger partial charge >= 0.3 is 0 Å². The smallest absolute Gasteiger partial charge is 0.267 e. The van der Waals surface area contributed by atoms with Crippen molar-refractivity contribution in [2.45, 2.75) is 26.9 Å². The van der Waals surface area contributed by atoms with Gasteiger partial charge in [0, 0.05) is 24.9 Å². The van der Waals surface area contributed by atoms with E-state index in [1.807, 2.05) is 68.4 Å². The van der Waals surface area contributed by atoms with E-state index in [0.29, 0.717) is 17.9 Å². The summed E-state index contributed by atoms with van der Waals surface area (Å²) in [7, 11) is 0. The molecule has 0 amide bonds. The highest BCUT2D eigenvalue weighted by atomic mass is 32.1. The van der Waals surface area contributed by atoms with Crippen LogP contribution in [-0.2, 0) is 13.1 Å². The molecule has 0 bridgehead atoms. The predicted octanol–water partition coefficient (Wildman–Crippen LogP) is 4.54. The fourth-order valence-electron chi connectivity index (χ4n) is 2.97. The Morgan fingerprint density at radius 1 is 1.00 bits per heavy atom. The van der Waals surface area contributed by atoms with Crippen molar-refractivity contribution in [1.29, 1.82) is 0 Å². The van der Waals surface area contributed by atoms with Crippen LogP contribution in [0, 0.1) is 4.77 Å². The largest absolute Gasteiger partial charge is 0.494 e. The molecule has 27 heavy (non-hydrogen) atoms. The molecule has 0 aliphatic carbocycles. The Morgan fingerprint density at radius 2 is 1.63 bits per heavy atom. The van der Waals surface area contributed by atoms with Crippen LogP contribution in [0.15, 0.2) is 64.4 Å². The summed E-state index contributed by atoms with van der Waals surface area (Å²) in [5.74, 6) is -0.154. The van der Waals surface area contributed by atoms with Crippen LogP contribution in [-0.4, -0.2) is 20.5 Å². The van der Waals surface area contributed by atoms with Crippen LogP contribution in [0.5, 0.6) is 5.88 Å². The molecule has 0 spiro atoms. The molecule has 0 radical (unpaired) electrons. The molecule has 1 aromatic heterocycles. The molecule has 1 N–H and O–H groups in total. The molecule has 5 nitrogen and oxygen atoms in total. The van der Waals surface area contributed by atoms with E-state index in [-0.39, 0.29) is 17.0 Å². The van der Waals surface area contributed by atoms with Crippen molar-refractivity contribution in [2.24, 2.45) is 4.99 Å². The highest BCUT2D eigenvalue weighted by Crippen LogP contribution is 2.29. The molecule has 0 atom stereocenters. The lowest BCUT2D eigenvalue weighted by molar-refractivity contribution is 0.399. The number of hydrogen-bond donors (Lipinski definition) is 1. The molecule has 6 heteroatoms. The maximum atomic E-state index is 12.7. The summed E-state index contributed by atoms with van der Waals surface area (Å²) in [5.41, 5.74) is 2.50. The molecule has 0 saturated heterocycles. The third-order valence-electron chi connectivity index (χ3n) is 4.39. The van der Waals surface area contributed by atoms with E-state index >= 15 is 0 Å². The van der Waals surface area contributed by atoms with Crippen LogP contribution < -0.4 is 5.56 Å². The third-order valence-corrected chi connectivity index (χ3v) is 4.83. The van der Waals surface area contributed by atoms with Crippen molar-refractivity contribution in [3.05, 3.63) is 75.3 Å². The van der Waals surface area contributed by atoms with Gasteiger partial charge in [0.2, 0.25) is 5.88 Å². The normalized spacial score (nSPS) is 11.2. The van der Waals surface area contributed by atoms with Crippen molar-refractivity contribution >= 4 is 24.1 Å². The zero-order valence-corrected chi connectivity index (χ0v) is 16.1. The number of aromatic nitrogens is 2. The molecular weight excluding hydrogens is 358 g/mol. The molecule has 3 aromatic rings. The molecule has 0 fully saturated rings. The number of rotatable bonds is 5. The molecule has 3 rings (SSSR count). The monoisotopic (exact) mass is 379 g/mol. The molecule has 1 heterocycles. The van der Waals surface area contributed by atoms with Crippen LogP contribution in [0.4, 0.5) is 5.69 Å². The Hall–Kier alpha value is -2.99. The molecule has 0 aliphatic rings. The second kappa shape index (κ2) is 8.14. The minimum Gasteiger partial charge on any atom is -0.494 e. The number of benzene rings is 2. The van der Waals surface area contributed by atoms with E-state index < -0.39 is 0 Å². The van der Waals surface area contributed by atoms with Gasteiger partial charge in [0.25, 0.3) is 5.56 Å². The highest BCUT2D eigenvalue weighted by molar-refractivity contribution is 7.71. The van der Waals surface area contributed by atoms with Gasteiger partial charge in [0.15, 0.2) is 4.77 Å². The second-order valence-corrected chi connectivity index (χ2v) is 6.32. The third kappa shape index (κ3) is 3.61. The first-order valence-corrected chi connectivity index (χ1v) is 9.24. The van der Waals surface area contributed by atoms with Crippen molar-refractivity contribution < 1.29 is 5.11 Å². The first-order valence-electron chi connectivity index (χ1n) is 8.83. The van der Waals surface area contributed by atoms with Gasteiger partial charge in [-0.15, -0.1) is 0 Å². The summed E-state index contributed by atoms with van der Waals surface area (Å²) in [6, 6.07) is 17.6. The quantitative estimate of drug-likeness (QED) is 0.523. The second-order valence-electron chi connectivity index (χ2n) is 5.95. The summed E-state index contributed by atoms with van der Waals surface area (Å²) in [5, 5.41) is 10.5. The highest BCUT2D eigenvalue weighted by Gasteiger charge is 2.14. The van der Waals surface area contributed by atoms with Crippen molar-refractivity contribution in [1.82, 2.24) is 9.13 Å². The van der Waals surface area contributed by atoms with E-state index in [1.54, 1.807) is 0 Å². The molecular formula is C21H21N3O2S.